The van der Waals surface area contributed by atoms with E-state index in [0.29, 0.717) is 16.6 Å². The van der Waals surface area contributed by atoms with E-state index in [0.717, 1.165) is 52.0 Å². The van der Waals surface area contributed by atoms with Crippen LogP contribution in [-0.4, -0.2) is 28.2 Å². The van der Waals surface area contributed by atoms with Gasteiger partial charge >= 0.3 is 0 Å². The van der Waals surface area contributed by atoms with Crippen LogP contribution in [-0.2, 0) is 12.8 Å². The molecule has 0 radical (unpaired) electrons. The van der Waals surface area contributed by atoms with Gasteiger partial charge in [0.25, 0.3) is 5.56 Å². The number of benzene rings is 2. The molecule has 1 unspecified atom stereocenters. The van der Waals surface area contributed by atoms with Crippen molar-refractivity contribution in [2.45, 2.75) is 38.3 Å². The maximum absolute atomic E-state index is 13.9. The number of aryl methyl sites for hydroxylation is 2. The molecule has 174 valence electrons. The number of rotatable bonds is 6. The molecule has 0 saturated carbocycles. The van der Waals surface area contributed by atoms with Crippen LogP contribution in [0.4, 0.5) is 0 Å². The number of nitrogens with zero attached hydrogens (tertiary/aromatic N) is 2. The van der Waals surface area contributed by atoms with E-state index in [4.69, 9.17) is 9.72 Å². The second kappa shape index (κ2) is 9.39. The third-order valence-electron chi connectivity index (χ3n) is 6.34. The number of carbonyl (C=O) groups is 1. The Morgan fingerprint density at radius 3 is 2.62 bits per heavy atom. The van der Waals surface area contributed by atoms with Crippen LogP contribution in [0.5, 0.6) is 5.75 Å². The first-order chi connectivity index (χ1) is 16.4. The minimum Gasteiger partial charge on any atom is -0.497 e. The largest absolute Gasteiger partial charge is 0.497 e. The van der Waals surface area contributed by atoms with Gasteiger partial charge in [-0.2, -0.15) is 0 Å². The highest BCUT2D eigenvalue weighted by Crippen LogP contribution is 2.37. The van der Waals surface area contributed by atoms with Crippen molar-refractivity contribution in [1.29, 1.82) is 0 Å². The van der Waals surface area contributed by atoms with Crippen molar-refractivity contribution >= 4 is 39.1 Å². The molecule has 1 aliphatic carbocycles. The summed E-state index contributed by atoms with van der Waals surface area (Å²) in [6, 6.07) is 15.0. The summed E-state index contributed by atoms with van der Waals surface area (Å²) in [6.45, 7) is 4.26. The van der Waals surface area contributed by atoms with Crippen LogP contribution >= 0.6 is 23.1 Å². The van der Waals surface area contributed by atoms with Gasteiger partial charge in [0.2, 0.25) is 0 Å². The minimum absolute atomic E-state index is 0.0138. The van der Waals surface area contributed by atoms with Gasteiger partial charge in [0.05, 0.1) is 23.9 Å². The Labute approximate surface area is 206 Å². The average molecular weight is 491 g/mol. The minimum atomic E-state index is -0.0625. The van der Waals surface area contributed by atoms with Crippen molar-refractivity contribution < 1.29 is 9.53 Å². The van der Waals surface area contributed by atoms with Gasteiger partial charge in [-0.3, -0.25) is 14.2 Å². The van der Waals surface area contributed by atoms with Crippen molar-refractivity contribution in [2.75, 3.05) is 12.9 Å². The Bertz CT molecular complexity index is 1420. The van der Waals surface area contributed by atoms with Crippen LogP contribution in [0.1, 0.15) is 39.7 Å². The second-order valence-electron chi connectivity index (χ2n) is 8.84. The smallest absolute Gasteiger partial charge is 0.267 e. The first-order valence-electron chi connectivity index (χ1n) is 11.4. The molecule has 0 amide bonds. The Balaban J connectivity index is 1.59. The molecule has 2 aromatic heterocycles. The topological polar surface area (TPSA) is 61.2 Å². The number of methoxy groups -OCH3 is 1. The van der Waals surface area contributed by atoms with Crippen LogP contribution in [0.2, 0.25) is 0 Å². The van der Waals surface area contributed by atoms with Gasteiger partial charge in [0.1, 0.15) is 10.6 Å². The van der Waals surface area contributed by atoms with E-state index >= 15 is 0 Å². The Morgan fingerprint density at radius 2 is 1.91 bits per heavy atom. The number of ketones is 1. The molecule has 2 heterocycles. The van der Waals surface area contributed by atoms with Crippen LogP contribution in [0.3, 0.4) is 0 Å². The molecule has 0 bridgehead atoms. The fourth-order valence-corrected chi connectivity index (χ4v) is 6.71. The van der Waals surface area contributed by atoms with Gasteiger partial charge in [0.15, 0.2) is 10.9 Å². The van der Waals surface area contributed by atoms with E-state index in [1.807, 2.05) is 55.5 Å². The zero-order valence-electron chi connectivity index (χ0n) is 19.5. The van der Waals surface area contributed by atoms with Gasteiger partial charge in [-0.25, -0.2) is 4.98 Å². The summed E-state index contributed by atoms with van der Waals surface area (Å²) in [7, 11) is 1.62. The third-order valence-corrected chi connectivity index (χ3v) is 8.42. The molecule has 0 fully saturated rings. The molecule has 34 heavy (non-hydrogen) atoms. The summed E-state index contributed by atoms with van der Waals surface area (Å²) in [5, 5.41) is 1.27. The molecule has 4 aromatic rings. The number of thiophene rings is 1. The van der Waals surface area contributed by atoms with Gasteiger partial charge in [0, 0.05) is 10.4 Å². The molecular formula is C27H26N2O3S2. The van der Waals surface area contributed by atoms with Crippen molar-refractivity contribution in [1.82, 2.24) is 9.55 Å². The van der Waals surface area contributed by atoms with Crippen molar-refractivity contribution in [2.24, 2.45) is 5.92 Å². The number of ether oxygens (including phenoxy) is 1. The normalized spacial score (nSPS) is 15.3. The average Bonchev–Trinajstić information content (AvgIpc) is 3.20. The van der Waals surface area contributed by atoms with E-state index in [9.17, 15) is 9.59 Å². The van der Waals surface area contributed by atoms with Gasteiger partial charge in [-0.15, -0.1) is 11.3 Å². The standard InChI is InChI=1S/C27H26N2O3S2/c1-16-4-7-18(8-5-16)22(30)15-33-27-28-25-24(21-13-6-17(2)14-23(21)34-25)26(31)29(27)19-9-11-20(32-3)12-10-19/h4-5,7-12,17H,6,13-15H2,1-3H3. The fraction of sp³-hybridized carbons (Fsp3) is 0.296. The molecule has 1 atom stereocenters. The summed E-state index contributed by atoms with van der Waals surface area (Å²) in [6.07, 6.45) is 2.99. The number of fused-ring (bicyclic) bond motifs is 3. The van der Waals surface area contributed by atoms with Gasteiger partial charge in [-0.1, -0.05) is 48.5 Å². The van der Waals surface area contributed by atoms with Crippen molar-refractivity contribution in [3.8, 4) is 11.4 Å². The lowest BCUT2D eigenvalue weighted by atomic mass is 9.89. The van der Waals surface area contributed by atoms with Crippen LogP contribution in [0, 0.1) is 12.8 Å². The van der Waals surface area contributed by atoms with E-state index < -0.39 is 0 Å². The molecule has 0 spiro atoms. The van der Waals surface area contributed by atoms with Crippen LogP contribution in [0.25, 0.3) is 15.9 Å². The summed E-state index contributed by atoms with van der Waals surface area (Å²) in [5.74, 6) is 1.56. The molecule has 1 aliphatic rings. The number of Topliss-reactive ketones (excluding diaryl/α,β-unsaturated/α-hetero) is 1. The first kappa shape index (κ1) is 22.9. The van der Waals surface area contributed by atoms with Crippen molar-refractivity contribution in [3.63, 3.8) is 0 Å². The second-order valence-corrected chi connectivity index (χ2v) is 10.9. The lowest BCUT2D eigenvalue weighted by Gasteiger charge is -2.18. The zero-order valence-corrected chi connectivity index (χ0v) is 21.1. The van der Waals surface area contributed by atoms with Crippen molar-refractivity contribution in [3.05, 3.63) is 80.5 Å². The predicted molar refractivity (Wildman–Crippen MR) is 139 cm³/mol. The monoisotopic (exact) mass is 490 g/mol. The highest BCUT2D eigenvalue weighted by atomic mass is 32.2. The quantitative estimate of drug-likeness (QED) is 0.192. The lowest BCUT2D eigenvalue weighted by Crippen LogP contribution is -2.23. The fourth-order valence-electron chi connectivity index (χ4n) is 4.38. The highest BCUT2D eigenvalue weighted by Gasteiger charge is 2.25. The molecule has 0 aliphatic heterocycles. The molecule has 5 nitrogen and oxygen atoms in total. The maximum atomic E-state index is 13.9. The van der Waals surface area contributed by atoms with Gasteiger partial charge in [-0.05, 0) is 61.9 Å². The maximum Gasteiger partial charge on any atom is 0.267 e. The lowest BCUT2D eigenvalue weighted by molar-refractivity contribution is 0.102. The summed E-state index contributed by atoms with van der Waals surface area (Å²) >= 11 is 2.94. The van der Waals surface area contributed by atoms with Gasteiger partial charge < -0.3 is 4.74 Å². The molecule has 7 heteroatoms. The SMILES string of the molecule is COc1ccc(-n2c(SCC(=O)c3ccc(C)cc3)nc3sc4c(c3c2=O)CCC(C)C4)cc1. The van der Waals surface area contributed by atoms with E-state index in [1.54, 1.807) is 23.0 Å². The predicted octanol–water partition coefficient (Wildman–Crippen LogP) is 5.86. The molecule has 2 aromatic carbocycles. The number of thioether (sulfide) groups is 1. The Hall–Kier alpha value is -2.90. The molecule has 0 saturated heterocycles. The van der Waals surface area contributed by atoms with E-state index in [1.165, 1.54) is 16.6 Å². The Kier molecular flexibility index (Phi) is 6.32. The highest BCUT2D eigenvalue weighted by molar-refractivity contribution is 7.99. The number of hydrogen-bond donors (Lipinski definition) is 0. The first-order valence-corrected chi connectivity index (χ1v) is 13.2. The molecular weight excluding hydrogens is 464 g/mol. The Morgan fingerprint density at radius 1 is 1.18 bits per heavy atom. The van der Waals surface area contributed by atoms with E-state index in [2.05, 4.69) is 6.92 Å². The summed E-state index contributed by atoms with van der Waals surface area (Å²) in [4.78, 5) is 33.7. The summed E-state index contributed by atoms with van der Waals surface area (Å²) < 4.78 is 6.95. The van der Waals surface area contributed by atoms with Crippen LogP contribution < -0.4 is 10.3 Å². The van der Waals surface area contributed by atoms with E-state index in [-0.39, 0.29) is 17.1 Å². The number of hydrogen-bond acceptors (Lipinski definition) is 6. The zero-order chi connectivity index (χ0) is 23.8. The molecule has 0 N–H and O–H groups in total. The number of aromatic nitrogens is 2. The molecule has 5 rings (SSSR count). The summed E-state index contributed by atoms with van der Waals surface area (Å²) in [5.41, 5.74) is 3.59. The third kappa shape index (κ3) is 4.30. The van der Waals surface area contributed by atoms with Crippen LogP contribution in [0.15, 0.2) is 58.5 Å². The number of carbonyl (C=O) groups excluding carboxylic acids is 1.